The third kappa shape index (κ3) is 3.24. The lowest BCUT2D eigenvalue weighted by Gasteiger charge is -2.05. The number of hydrogen-bond acceptors (Lipinski definition) is 6. The van der Waals surface area contributed by atoms with E-state index in [1.165, 1.54) is 17.5 Å². The summed E-state index contributed by atoms with van der Waals surface area (Å²) in [4.78, 5) is 35.5. The average molecular weight is 366 g/mol. The van der Waals surface area contributed by atoms with Crippen LogP contribution in [0.3, 0.4) is 0 Å². The van der Waals surface area contributed by atoms with Crippen LogP contribution in [-0.4, -0.2) is 30.6 Å². The highest BCUT2D eigenvalue weighted by atomic mass is 32.1. The van der Waals surface area contributed by atoms with Crippen LogP contribution in [-0.2, 0) is 11.2 Å². The molecule has 0 saturated heterocycles. The molecule has 0 fully saturated rings. The van der Waals surface area contributed by atoms with Crippen LogP contribution in [0.2, 0.25) is 0 Å². The van der Waals surface area contributed by atoms with Gasteiger partial charge in [-0.25, -0.2) is 14.6 Å². The Kier molecular flexibility index (Phi) is 4.28. The van der Waals surface area contributed by atoms with Gasteiger partial charge in [-0.2, -0.15) is 5.10 Å². The summed E-state index contributed by atoms with van der Waals surface area (Å²) < 4.78 is 1.61. The number of carbonyl (C=O) groups is 1. The number of benzene rings is 1. The van der Waals surface area contributed by atoms with Crippen molar-refractivity contribution in [1.82, 2.24) is 24.7 Å². The Bertz CT molecular complexity index is 1100. The van der Waals surface area contributed by atoms with Gasteiger partial charge < -0.3 is 10.3 Å². The summed E-state index contributed by atoms with van der Waals surface area (Å²) in [5.41, 5.74) is 1.01. The predicted molar refractivity (Wildman–Crippen MR) is 98.6 cm³/mol. The minimum absolute atomic E-state index is 0.181. The zero-order valence-electron chi connectivity index (χ0n) is 13.5. The van der Waals surface area contributed by atoms with Crippen molar-refractivity contribution in [2.24, 2.45) is 0 Å². The summed E-state index contributed by atoms with van der Waals surface area (Å²) in [5, 5.41) is 9.71. The molecule has 9 heteroatoms. The van der Waals surface area contributed by atoms with Gasteiger partial charge in [-0.05, 0) is 12.1 Å². The number of hydrogen-bond donors (Lipinski definition) is 2. The number of aromatic amines is 1. The molecule has 0 aliphatic rings. The van der Waals surface area contributed by atoms with Gasteiger partial charge in [0.05, 0.1) is 11.9 Å². The molecule has 1 amide bonds. The van der Waals surface area contributed by atoms with E-state index < -0.39 is 0 Å². The van der Waals surface area contributed by atoms with Crippen molar-refractivity contribution < 1.29 is 4.79 Å². The maximum absolute atomic E-state index is 12.3. The molecule has 8 nitrogen and oxygen atoms in total. The van der Waals surface area contributed by atoms with Gasteiger partial charge in [0.25, 0.3) is 5.56 Å². The number of aryl methyl sites for hydroxylation is 1. The molecule has 3 aromatic heterocycles. The lowest BCUT2D eigenvalue weighted by molar-refractivity contribution is -0.116. The summed E-state index contributed by atoms with van der Waals surface area (Å²) in [6.45, 7) is 0. The standard InChI is InChI=1S/C17H14N6O2S/c24-14(22-17-18-8-9-26-17)7-6-13-20-15-12(16(25)21-13)10-19-23(15)11-4-2-1-3-5-11/h1-5,8-10H,6-7H2,(H,18,22,24)(H,20,21,25). The number of nitrogens with one attached hydrogen (secondary N) is 2. The normalized spacial score (nSPS) is 10.9. The Morgan fingerprint density at radius 2 is 2.12 bits per heavy atom. The van der Waals surface area contributed by atoms with Crippen LogP contribution in [0.1, 0.15) is 12.2 Å². The number of para-hydroxylation sites is 1. The number of carbonyl (C=O) groups excluding carboxylic acids is 1. The molecule has 4 aromatic rings. The smallest absolute Gasteiger partial charge is 0.262 e. The predicted octanol–water partition coefficient (Wildman–Crippen LogP) is 2.14. The first kappa shape index (κ1) is 16.2. The van der Waals surface area contributed by atoms with Crippen molar-refractivity contribution in [3.05, 3.63) is 64.3 Å². The van der Waals surface area contributed by atoms with Gasteiger partial charge in [-0.3, -0.25) is 9.59 Å². The molecule has 0 radical (unpaired) electrons. The molecule has 0 aliphatic heterocycles. The van der Waals surface area contributed by atoms with Crippen LogP contribution in [0.15, 0.2) is 52.9 Å². The number of H-pyrrole nitrogens is 1. The molecule has 130 valence electrons. The Balaban J connectivity index is 1.58. The molecule has 0 aliphatic carbocycles. The Labute approximate surface area is 151 Å². The van der Waals surface area contributed by atoms with E-state index >= 15 is 0 Å². The van der Waals surface area contributed by atoms with Crippen molar-refractivity contribution in [2.45, 2.75) is 12.8 Å². The van der Waals surface area contributed by atoms with Gasteiger partial charge >= 0.3 is 0 Å². The highest BCUT2D eigenvalue weighted by molar-refractivity contribution is 7.13. The number of fused-ring (bicyclic) bond motifs is 1. The van der Waals surface area contributed by atoms with Crippen LogP contribution >= 0.6 is 11.3 Å². The Morgan fingerprint density at radius 1 is 1.27 bits per heavy atom. The number of aromatic nitrogens is 5. The minimum Gasteiger partial charge on any atom is -0.310 e. The van der Waals surface area contributed by atoms with Crippen LogP contribution in [0.5, 0.6) is 0 Å². The fourth-order valence-electron chi connectivity index (χ4n) is 2.54. The third-order valence-electron chi connectivity index (χ3n) is 3.76. The molecule has 2 N–H and O–H groups in total. The second-order valence-electron chi connectivity index (χ2n) is 5.53. The first-order valence-corrected chi connectivity index (χ1v) is 8.80. The fraction of sp³-hybridized carbons (Fsp3) is 0.118. The lowest BCUT2D eigenvalue weighted by Crippen LogP contribution is -2.16. The Hall–Kier alpha value is -3.33. The average Bonchev–Trinajstić information content (AvgIpc) is 3.30. The first-order valence-electron chi connectivity index (χ1n) is 7.92. The molecule has 0 spiro atoms. The largest absolute Gasteiger partial charge is 0.310 e. The second kappa shape index (κ2) is 6.89. The third-order valence-corrected chi connectivity index (χ3v) is 4.44. The van der Waals surface area contributed by atoms with Gasteiger partial charge in [0.2, 0.25) is 5.91 Å². The van der Waals surface area contributed by atoms with Crippen molar-refractivity contribution in [3.8, 4) is 5.69 Å². The quantitative estimate of drug-likeness (QED) is 0.563. The number of amides is 1. The number of rotatable bonds is 5. The van der Waals surface area contributed by atoms with Crippen LogP contribution in [0.25, 0.3) is 16.7 Å². The number of thiazole rings is 1. The molecule has 3 heterocycles. The monoisotopic (exact) mass is 366 g/mol. The van der Waals surface area contributed by atoms with Gasteiger partial charge in [0, 0.05) is 24.4 Å². The number of nitrogens with zero attached hydrogens (tertiary/aromatic N) is 4. The van der Waals surface area contributed by atoms with E-state index in [0.29, 0.717) is 28.4 Å². The van der Waals surface area contributed by atoms with E-state index in [1.807, 2.05) is 30.3 Å². The zero-order chi connectivity index (χ0) is 17.9. The summed E-state index contributed by atoms with van der Waals surface area (Å²) in [6, 6.07) is 9.45. The van der Waals surface area contributed by atoms with Crippen molar-refractivity contribution in [3.63, 3.8) is 0 Å². The molecule has 26 heavy (non-hydrogen) atoms. The summed E-state index contributed by atoms with van der Waals surface area (Å²) in [5.74, 6) is 0.258. The summed E-state index contributed by atoms with van der Waals surface area (Å²) in [7, 11) is 0. The molecular weight excluding hydrogens is 352 g/mol. The summed E-state index contributed by atoms with van der Waals surface area (Å²) >= 11 is 1.35. The minimum atomic E-state index is -0.271. The van der Waals surface area contributed by atoms with Gasteiger partial charge in [0.15, 0.2) is 10.8 Å². The van der Waals surface area contributed by atoms with Crippen molar-refractivity contribution >= 4 is 33.4 Å². The van der Waals surface area contributed by atoms with Crippen molar-refractivity contribution in [2.75, 3.05) is 5.32 Å². The first-order chi connectivity index (χ1) is 12.7. The number of anilines is 1. The van der Waals surface area contributed by atoms with Crippen LogP contribution < -0.4 is 10.9 Å². The van der Waals surface area contributed by atoms with E-state index in [1.54, 1.807) is 16.3 Å². The topological polar surface area (TPSA) is 106 Å². The highest BCUT2D eigenvalue weighted by Crippen LogP contribution is 2.14. The fourth-order valence-corrected chi connectivity index (χ4v) is 3.08. The Morgan fingerprint density at radius 3 is 2.88 bits per heavy atom. The van der Waals surface area contributed by atoms with Crippen LogP contribution in [0, 0.1) is 0 Å². The van der Waals surface area contributed by atoms with E-state index in [4.69, 9.17) is 0 Å². The second-order valence-corrected chi connectivity index (χ2v) is 6.42. The molecule has 0 atom stereocenters. The molecule has 4 rings (SSSR count). The van der Waals surface area contributed by atoms with E-state index in [-0.39, 0.29) is 17.9 Å². The van der Waals surface area contributed by atoms with E-state index in [2.05, 4.69) is 25.4 Å². The van der Waals surface area contributed by atoms with Gasteiger partial charge in [-0.1, -0.05) is 18.2 Å². The lowest BCUT2D eigenvalue weighted by atomic mass is 10.2. The molecule has 0 unspecified atom stereocenters. The maximum Gasteiger partial charge on any atom is 0.262 e. The SMILES string of the molecule is O=C(CCc1nc2c(cnn2-c2ccccc2)c(=O)[nH]1)Nc1nccs1. The van der Waals surface area contributed by atoms with Gasteiger partial charge in [0.1, 0.15) is 11.2 Å². The van der Waals surface area contributed by atoms with Crippen LogP contribution in [0.4, 0.5) is 5.13 Å². The molecule has 1 aromatic carbocycles. The maximum atomic E-state index is 12.3. The van der Waals surface area contributed by atoms with Gasteiger partial charge in [-0.15, -0.1) is 11.3 Å². The molecule has 0 bridgehead atoms. The van der Waals surface area contributed by atoms with E-state index in [9.17, 15) is 9.59 Å². The molecular formula is C17H14N6O2S. The molecule has 0 saturated carbocycles. The van der Waals surface area contributed by atoms with Crippen molar-refractivity contribution in [1.29, 1.82) is 0 Å². The summed E-state index contributed by atoms with van der Waals surface area (Å²) in [6.07, 6.45) is 3.61. The highest BCUT2D eigenvalue weighted by Gasteiger charge is 2.12. The van der Waals surface area contributed by atoms with E-state index in [0.717, 1.165) is 5.69 Å². The zero-order valence-corrected chi connectivity index (χ0v) is 14.4.